The lowest BCUT2D eigenvalue weighted by Gasteiger charge is -2.37. The van der Waals surface area contributed by atoms with Crippen LogP contribution in [0.1, 0.15) is 49.8 Å². The third kappa shape index (κ3) is 3.12. The fourth-order valence-corrected chi connectivity index (χ4v) is 4.52. The highest BCUT2D eigenvalue weighted by atomic mass is 32.1. The first-order chi connectivity index (χ1) is 10.7. The molecule has 2 nitrogen and oxygen atoms in total. The Bertz CT molecular complexity index is 560. The van der Waals surface area contributed by atoms with Crippen LogP contribution >= 0.6 is 11.3 Å². The van der Waals surface area contributed by atoms with E-state index in [0.717, 1.165) is 5.56 Å². The zero-order valence-electron chi connectivity index (χ0n) is 13.2. The number of hydrogen-bond donors (Lipinski definition) is 2. The van der Waals surface area contributed by atoms with Gasteiger partial charge in [0.1, 0.15) is 0 Å². The van der Waals surface area contributed by atoms with Gasteiger partial charge in [-0.05, 0) is 47.7 Å². The van der Waals surface area contributed by atoms with Gasteiger partial charge >= 0.3 is 0 Å². The Hall–Kier alpha value is -1.16. The van der Waals surface area contributed by atoms with E-state index >= 15 is 0 Å². The first-order valence-electron chi connectivity index (χ1n) is 8.21. The van der Waals surface area contributed by atoms with Crippen molar-refractivity contribution in [2.45, 2.75) is 50.2 Å². The van der Waals surface area contributed by atoms with Crippen molar-refractivity contribution >= 4 is 11.3 Å². The van der Waals surface area contributed by atoms with E-state index in [0.29, 0.717) is 12.6 Å². The molecule has 1 saturated carbocycles. The summed E-state index contributed by atoms with van der Waals surface area (Å²) in [4.78, 5) is 0. The monoisotopic (exact) mass is 315 g/mol. The molecule has 2 aromatic rings. The van der Waals surface area contributed by atoms with Crippen molar-refractivity contribution in [3.05, 3.63) is 58.3 Å². The van der Waals surface area contributed by atoms with Crippen molar-refractivity contribution in [1.82, 2.24) is 5.32 Å². The highest BCUT2D eigenvalue weighted by molar-refractivity contribution is 7.07. The molecular weight excluding hydrogens is 290 g/mol. The Morgan fingerprint density at radius 2 is 1.91 bits per heavy atom. The number of hydrogen-bond acceptors (Lipinski definition) is 3. The Balaban J connectivity index is 1.70. The highest BCUT2D eigenvalue weighted by Crippen LogP contribution is 2.43. The van der Waals surface area contributed by atoms with Gasteiger partial charge in [0, 0.05) is 18.0 Å². The molecule has 0 unspecified atom stereocenters. The molecular formula is C19H25NOS. The summed E-state index contributed by atoms with van der Waals surface area (Å²) in [6.45, 7) is 2.89. The van der Waals surface area contributed by atoms with E-state index in [1.54, 1.807) is 11.3 Å². The molecule has 3 heteroatoms. The second-order valence-corrected chi connectivity index (χ2v) is 7.21. The Kier molecular flexibility index (Phi) is 4.97. The van der Waals surface area contributed by atoms with Gasteiger partial charge in [-0.2, -0.15) is 11.3 Å². The van der Waals surface area contributed by atoms with Crippen LogP contribution in [0.2, 0.25) is 0 Å². The van der Waals surface area contributed by atoms with Gasteiger partial charge in [0.15, 0.2) is 0 Å². The van der Waals surface area contributed by atoms with Crippen LogP contribution in [-0.2, 0) is 5.41 Å². The van der Waals surface area contributed by atoms with Crippen molar-refractivity contribution in [3.8, 4) is 0 Å². The Morgan fingerprint density at radius 1 is 1.18 bits per heavy atom. The standard InChI is InChI=1S/C19H25NOS/c1-15(20-13-18(21)16-9-12-22-14-16)19(10-5-6-11-19)17-7-3-2-4-8-17/h2-4,7-9,12,14-15,18,20-21H,5-6,10-11,13H2,1H3/t15-,18+/m1/s1. The fourth-order valence-electron chi connectivity index (χ4n) is 3.81. The Morgan fingerprint density at radius 3 is 2.55 bits per heavy atom. The van der Waals surface area contributed by atoms with Crippen LogP contribution in [0.25, 0.3) is 0 Å². The molecule has 0 spiro atoms. The van der Waals surface area contributed by atoms with Gasteiger partial charge in [-0.3, -0.25) is 0 Å². The summed E-state index contributed by atoms with van der Waals surface area (Å²) in [7, 11) is 0. The quantitative estimate of drug-likeness (QED) is 0.834. The fraction of sp³-hybridized carbons (Fsp3) is 0.474. The van der Waals surface area contributed by atoms with Crippen molar-refractivity contribution in [3.63, 3.8) is 0 Å². The van der Waals surface area contributed by atoms with Gasteiger partial charge in [0.05, 0.1) is 6.10 Å². The summed E-state index contributed by atoms with van der Waals surface area (Å²) in [5, 5.41) is 18.0. The second-order valence-electron chi connectivity index (χ2n) is 6.43. The van der Waals surface area contributed by atoms with E-state index in [1.807, 2.05) is 16.8 Å². The molecule has 1 aromatic carbocycles. The number of rotatable bonds is 6. The smallest absolute Gasteiger partial charge is 0.0922 e. The maximum absolute atomic E-state index is 10.3. The van der Waals surface area contributed by atoms with Gasteiger partial charge in [-0.25, -0.2) is 0 Å². The number of aliphatic hydroxyl groups excluding tert-OH is 1. The molecule has 1 aliphatic carbocycles. The van der Waals surface area contributed by atoms with Crippen LogP contribution < -0.4 is 5.32 Å². The molecule has 0 saturated heterocycles. The van der Waals surface area contributed by atoms with E-state index < -0.39 is 6.10 Å². The lowest BCUT2D eigenvalue weighted by Crippen LogP contribution is -2.46. The molecule has 2 N–H and O–H groups in total. The molecule has 0 bridgehead atoms. The van der Waals surface area contributed by atoms with Gasteiger partial charge in [-0.1, -0.05) is 43.2 Å². The highest BCUT2D eigenvalue weighted by Gasteiger charge is 2.40. The summed E-state index contributed by atoms with van der Waals surface area (Å²) in [5.74, 6) is 0. The molecule has 2 atom stereocenters. The van der Waals surface area contributed by atoms with Crippen molar-refractivity contribution in [1.29, 1.82) is 0 Å². The molecule has 1 aromatic heterocycles. The minimum atomic E-state index is -0.414. The van der Waals surface area contributed by atoms with E-state index in [9.17, 15) is 5.11 Å². The summed E-state index contributed by atoms with van der Waals surface area (Å²) >= 11 is 1.64. The van der Waals surface area contributed by atoms with Crippen LogP contribution in [0.15, 0.2) is 47.2 Å². The zero-order valence-corrected chi connectivity index (χ0v) is 14.0. The predicted molar refractivity (Wildman–Crippen MR) is 93.3 cm³/mol. The van der Waals surface area contributed by atoms with Gasteiger partial charge in [0.2, 0.25) is 0 Å². The average Bonchev–Trinajstić information content (AvgIpc) is 3.25. The van der Waals surface area contributed by atoms with Gasteiger partial charge < -0.3 is 10.4 Å². The van der Waals surface area contributed by atoms with Crippen molar-refractivity contribution in [2.75, 3.05) is 6.54 Å². The van der Waals surface area contributed by atoms with Gasteiger partial charge in [0.25, 0.3) is 0 Å². The normalized spacial score (nSPS) is 19.9. The maximum atomic E-state index is 10.3. The van der Waals surface area contributed by atoms with E-state index in [4.69, 9.17) is 0 Å². The molecule has 0 aliphatic heterocycles. The zero-order chi connectivity index (χ0) is 15.4. The molecule has 0 radical (unpaired) electrons. The Labute approximate surface area is 137 Å². The molecule has 1 fully saturated rings. The number of nitrogens with one attached hydrogen (secondary N) is 1. The lowest BCUT2D eigenvalue weighted by atomic mass is 9.73. The third-order valence-electron chi connectivity index (χ3n) is 5.22. The lowest BCUT2D eigenvalue weighted by molar-refractivity contribution is 0.162. The first kappa shape index (κ1) is 15.7. The summed E-state index contributed by atoms with van der Waals surface area (Å²) in [6, 6.07) is 13.3. The summed E-state index contributed by atoms with van der Waals surface area (Å²) in [5.41, 5.74) is 2.68. The molecule has 0 amide bonds. The maximum Gasteiger partial charge on any atom is 0.0922 e. The second kappa shape index (κ2) is 6.95. The predicted octanol–water partition coefficient (Wildman–Crippen LogP) is 4.27. The molecule has 1 heterocycles. The molecule has 118 valence electrons. The van der Waals surface area contributed by atoms with Crippen molar-refractivity contribution < 1.29 is 5.11 Å². The molecule has 3 rings (SSSR count). The van der Waals surface area contributed by atoms with Crippen LogP contribution in [0.3, 0.4) is 0 Å². The summed E-state index contributed by atoms with van der Waals surface area (Å²) < 4.78 is 0. The minimum Gasteiger partial charge on any atom is -0.387 e. The number of aliphatic hydroxyl groups is 1. The SMILES string of the molecule is C[C@@H](NC[C@H](O)c1ccsc1)C1(c2ccccc2)CCCC1. The molecule has 22 heavy (non-hydrogen) atoms. The number of benzene rings is 1. The van der Waals surface area contributed by atoms with E-state index in [-0.39, 0.29) is 5.41 Å². The van der Waals surface area contributed by atoms with E-state index in [2.05, 4.69) is 42.6 Å². The van der Waals surface area contributed by atoms with Gasteiger partial charge in [-0.15, -0.1) is 0 Å². The van der Waals surface area contributed by atoms with E-state index in [1.165, 1.54) is 31.2 Å². The largest absolute Gasteiger partial charge is 0.387 e. The van der Waals surface area contributed by atoms with Crippen LogP contribution in [-0.4, -0.2) is 17.7 Å². The summed E-state index contributed by atoms with van der Waals surface area (Å²) in [6.07, 6.45) is 4.66. The third-order valence-corrected chi connectivity index (χ3v) is 5.92. The van der Waals surface area contributed by atoms with Crippen LogP contribution in [0, 0.1) is 0 Å². The van der Waals surface area contributed by atoms with Crippen LogP contribution in [0.5, 0.6) is 0 Å². The topological polar surface area (TPSA) is 32.3 Å². The number of thiophene rings is 1. The van der Waals surface area contributed by atoms with Crippen molar-refractivity contribution in [2.24, 2.45) is 0 Å². The molecule has 1 aliphatic rings. The first-order valence-corrected chi connectivity index (χ1v) is 9.16. The van der Waals surface area contributed by atoms with Crippen LogP contribution in [0.4, 0.5) is 0 Å². The minimum absolute atomic E-state index is 0.218. The average molecular weight is 315 g/mol.